The van der Waals surface area contributed by atoms with Crippen LogP contribution in [0.3, 0.4) is 0 Å². The number of nitriles is 2. The number of aromatic hydroxyl groups is 2. The van der Waals surface area contributed by atoms with Crippen molar-refractivity contribution in [2.45, 2.75) is 27.2 Å². The Hall–Kier alpha value is -2.98. The highest BCUT2D eigenvalue weighted by atomic mass is 16.3. The zero-order valence-electron chi connectivity index (χ0n) is 12.9. The van der Waals surface area contributed by atoms with Crippen molar-refractivity contribution >= 4 is 0 Å². The standard InChI is InChI=1S/2C9H9NO/c1-6-4-9(11)7(2)3-8(6)5-10;1-7-6-9(11)3-2-8(7)4-5-10/h3-4,11H,1-2H3;2-3,6,11H,4H2,1H3. The summed E-state index contributed by atoms with van der Waals surface area (Å²) in [6, 6.07) is 12.4. The smallest absolute Gasteiger partial charge is 0.118 e. The lowest BCUT2D eigenvalue weighted by atomic mass is 10.1. The third-order valence-electron chi connectivity index (χ3n) is 3.26. The molecule has 0 unspecified atom stereocenters. The first-order chi connectivity index (χ1) is 10.4. The molecule has 0 radical (unpaired) electrons. The molecule has 0 saturated heterocycles. The van der Waals surface area contributed by atoms with Crippen LogP contribution in [0.15, 0.2) is 30.3 Å². The number of nitrogens with zero attached hydrogens (tertiary/aromatic N) is 2. The fourth-order valence-electron chi connectivity index (χ4n) is 1.88. The molecular weight excluding hydrogens is 276 g/mol. The van der Waals surface area contributed by atoms with E-state index < -0.39 is 0 Å². The molecular formula is C18H18N2O2. The van der Waals surface area contributed by atoms with E-state index in [1.165, 1.54) is 0 Å². The molecule has 0 aliphatic heterocycles. The van der Waals surface area contributed by atoms with Gasteiger partial charge in [0.05, 0.1) is 24.1 Å². The Bertz CT molecular complexity index is 753. The van der Waals surface area contributed by atoms with Crippen molar-refractivity contribution in [1.82, 2.24) is 0 Å². The van der Waals surface area contributed by atoms with Crippen LogP contribution in [0, 0.1) is 43.4 Å². The lowest BCUT2D eigenvalue weighted by molar-refractivity contribution is 0.470. The van der Waals surface area contributed by atoms with Crippen molar-refractivity contribution in [1.29, 1.82) is 10.5 Å². The summed E-state index contributed by atoms with van der Waals surface area (Å²) < 4.78 is 0. The molecule has 2 aromatic carbocycles. The minimum atomic E-state index is 0.251. The van der Waals surface area contributed by atoms with Crippen molar-refractivity contribution in [3.63, 3.8) is 0 Å². The molecule has 2 N–H and O–H groups in total. The number of hydrogen-bond acceptors (Lipinski definition) is 4. The van der Waals surface area contributed by atoms with E-state index >= 15 is 0 Å². The van der Waals surface area contributed by atoms with Gasteiger partial charge in [0, 0.05) is 0 Å². The van der Waals surface area contributed by atoms with E-state index in [4.69, 9.17) is 15.6 Å². The topological polar surface area (TPSA) is 88.0 Å². The molecule has 4 heteroatoms. The molecule has 4 nitrogen and oxygen atoms in total. The van der Waals surface area contributed by atoms with Gasteiger partial charge in [-0.1, -0.05) is 6.07 Å². The largest absolute Gasteiger partial charge is 0.508 e. The average molecular weight is 294 g/mol. The lowest BCUT2D eigenvalue weighted by Gasteiger charge is -2.01. The van der Waals surface area contributed by atoms with Crippen LogP contribution in [-0.2, 0) is 6.42 Å². The van der Waals surface area contributed by atoms with Crippen molar-refractivity contribution in [2.75, 3.05) is 0 Å². The zero-order chi connectivity index (χ0) is 16.7. The van der Waals surface area contributed by atoms with E-state index in [2.05, 4.69) is 12.1 Å². The predicted molar refractivity (Wildman–Crippen MR) is 84.5 cm³/mol. The number of rotatable bonds is 1. The molecule has 0 atom stereocenters. The van der Waals surface area contributed by atoms with E-state index in [9.17, 15) is 5.11 Å². The van der Waals surface area contributed by atoms with Gasteiger partial charge in [0.2, 0.25) is 0 Å². The van der Waals surface area contributed by atoms with Crippen LogP contribution in [0.25, 0.3) is 0 Å². The summed E-state index contributed by atoms with van der Waals surface area (Å²) in [5, 5.41) is 35.2. The Morgan fingerprint density at radius 2 is 1.59 bits per heavy atom. The fraction of sp³-hybridized carbons (Fsp3) is 0.222. The summed E-state index contributed by atoms with van der Waals surface area (Å²) in [5.41, 5.74) is 4.12. The monoisotopic (exact) mass is 294 g/mol. The van der Waals surface area contributed by atoms with E-state index in [0.29, 0.717) is 12.0 Å². The summed E-state index contributed by atoms with van der Waals surface area (Å²) in [7, 11) is 0. The molecule has 0 saturated carbocycles. The van der Waals surface area contributed by atoms with Crippen molar-refractivity contribution < 1.29 is 10.2 Å². The Morgan fingerprint density at radius 1 is 0.909 bits per heavy atom. The van der Waals surface area contributed by atoms with Crippen LogP contribution >= 0.6 is 0 Å². The summed E-state index contributed by atoms with van der Waals surface area (Å²) in [6.45, 7) is 5.46. The number of phenolic OH excluding ortho intramolecular Hbond substituents is 2. The van der Waals surface area contributed by atoms with Crippen LogP contribution in [0.1, 0.15) is 27.8 Å². The summed E-state index contributed by atoms with van der Waals surface area (Å²) >= 11 is 0. The van der Waals surface area contributed by atoms with E-state index in [1.54, 1.807) is 44.2 Å². The predicted octanol–water partition coefficient (Wildman–Crippen LogP) is 3.65. The zero-order valence-corrected chi connectivity index (χ0v) is 12.9. The average Bonchev–Trinajstić information content (AvgIpc) is 2.47. The van der Waals surface area contributed by atoms with Gasteiger partial charge in [-0.3, -0.25) is 0 Å². The second-order valence-electron chi connectivity index (χ2n) is 5.01. The molecule has 0 heterocycles. The second-order valence-corrected chi connectivity index (χ2v) is 5.01. The highest BCUT2D eigenvalue weighted by Gasteiger charge is 2.01. The lowest BCUT2D eigenvalue weighted by Crippen LogP contribution is -1.85. The van der Waals surface area contributed by atoms with Gasteiger partial charge in [0.1, 0.15) is 11.5 Å². The van der Waals surface area contributed by atoms with Crippen LogP contribution in [-0.4, -0.2) is 10.2 Å². The molecule has 22 heavy (non-hydrogen) atoms. The second kappa shape index (κ2) is 7.71. The summed E-state index contributed by atoms with van der Waals surface area (Å²) in [6.07, 6.45) is 0.409. The molecule has 0 aliphatic rings. The molecule has 0 amide bonds. The van der Waals surface area contributed by atoms with Gasteiger partial charge in [-0.05, 0) is 67.3 Å². The van der Waals surface area contributed by atoms with Gasteiger partial charge in [-0.2, -0.15) is 10.5 Å². The Balaban J connectivity index is 0.000000220. The number of phenols is 2. The molecule has 2 rings (SSSR count). The van der Waals surface area contributed by atoms with Crippen LogP contribution in [0.4, 0.5) is 0 Å². The minimum absolute atomic E-state index is 0.251. The number of aryl methyl sites for hydroxylation is 3. The van der Waals surface area contributed by atoms with Crippen molar-refractivity contribution in [3.8, 4) is 23.6 Å². The number of hydrogen-bond donors (Lipinski definition) is 2. The molecule has 0 fully saturated rings. The molecule has 112 valence electrons. The summed E-state index contributed by atoms with van der Waals surface area (Å²) in [5.74, 6) is 0.505. The molecule has 2 aromatic rings. The fourth-order valence-corrected chi connectivity index (χ4v) is 1.88. The van der Waals surface area contributed by atoms with Crippen LogP contribution in [0.5, 0.6) is 11.5 Å². The van der Waals surface area contributed by atoms with Gasteiger partial charge in [0.15, 0.2) is 0 Å². The first kappa shape index (κ1) is 17.1. The van der Waals surface area contributed by atoms with Gasteiger partial charge >= 0.3 is 0 Å². The Kier molecular flexibility index (Phi) is 5.98. The van der Waals surface area contributed by atoms with Gasteiger partial charge in [-0.15, -0.1) is 0 Å². The third kappa shape index (κ3) is 4.54. The molecule has 0 aromatic heterocycles. The minimum Gasteiger partial charge on any atom is -0.508 e. The van der Waals surface area contributed by atoms with Crippen LogP contribution in [0.2, 0.25) is 0 Å². The maximum absolute atomic E-state index is 9.21. The highest BCUT2D eigenvalue weighted by Crippen LogP contribution is 2.20. The van der Waals surface area contributed by atoms with Gasteiger partial charge in [-0.25, -0.2) is 0 Å². The highest BCUT2D eigenvalue weighted by molar-refractivity contribution is 5.46. The SMILES string of the molecule is Cc1cc(C#N)c(C)cc1O.Cc1cc(O)ccc1CC#N. The quantitative estimate of drug-likeness (QED) is 0.840. The molecule has 0 spiro atoms. The Morgan fingerprint density at radius 3 is 2.14 bits per heavy atom. The van der Waals surface area contributed by atoms with Crippen LogP contribution < -0.4 is 0 Å². The normalized spacial score (nSPS) is 9.14. The maximum Gasteiger partial charge on any atom is 0.118 e. The van der Waals surface area contributed by atoms with Crippen molar-refractivity contribution in [2.24, 2.45) is 0 Å². The summed E-state index contributed by atoms with van der Waals surface area (Å²) in [4.78, 5) is 0. The third-order valence-corrected chi connectivity index (χ3v) is 3.26. The molecule has 0 bridgehead atoms. The first-order valence-corrected chi connectivity index (χ1v) is 6.74. The first-order valence-electron chi connectivity index (χ1n) is 6.74. The van der Waals surface area contributed by atoms with E-state index in [1.807, 2.05) is 6.92 Å². The maximum atomic E-state index is 9.21. The van der Waals surface area contributed by atoms with Gasteiger partial charge in [0.25, 0.3) is 0 Å². The van der Waals surface area contributed by atoms with Crippen molar-refractivity contribution in [3.05, 3.63) is 58.1 Å². The molecule has 0 aliphatic carbocycles. The van der Waals surface area contributed by atoms with E-state index in [-0.39, 0.29) is 11.5 Å². The van der Waals surface area contributed by atoms with Gasteiger partial charge < -0.3 is 10.2 Å². The Labute approximate surface area is 130 Å². The number of benzene rings is 2. The van der Waals surface area contributed by atoms with E-state index in [0.717, 1.165) is 22.3 Å².